The molecule has 0 aromatic carbocycles. The summed E-state index contributed by atoms with van der Waals surface area (Å²) in [6.45, 7) is 5.74. The SMILES string of the molecule is Cc1nc2ccnn2c(N2CCC(C(N)=O)CC2)c1C. The molecule has 20 heavy (non-hydrogen) atoms. The zero-order valence-electron chi connectivity index (χ0n) is 11.8. The van der Waals surface area contributed by atoms with Crippen molar-refractivity contribution in [2.24, 2.45) is 11.7 Å². The molecule has 3 rings (SSSR count). The summed E-state index contributed by atoms with van der Waals surface area (Å²) >= 11 is 0. The Labute approximate surface area is 117 Å². The van der Waals surface area contributed by atoms with E-state index in [0.29, 0.717) is 0 Å². The highest BCUT2D eigenvalue weighted by molar-refractivity contribution is 5.77. The lowest BCUT2D eigenvalue weighted by Gasteiger charge is -2.33. The predicted octanol–water partition coefficient (Wildman–Crippen LogP) is 1.05. The van der Waals surface area contributed by atoms with Crippen LogP contribution in [0.1, 0.15) is 24.1 Å². The fraction of sp³-hybridized carbons (Fsp3) is 0.500. The van der Waals surface area contributed by atoms with E-state index in [1.807, 2.05) is 17.5 Å². The number of carbonyl (C=O) groups is 1. The Bertz CT molecular complexity index is 655. The van der Waals surface area contributed by atoms with Crippen LogP contribution in [0.25, 0.3) is 5.65 Å². The van der Waals surface area contributed by atoms with Crippen LogP contribution in [0.4, 0.5) is 5.82 Å². The largest absolute Gasteiger partial charge is 0.369 e. The fourth-order valence-electron chi connectivity index (χ4n) is 2.87. The number of nitrogens with zero attached hydrogens (tertiary/aromatic N) is 4. The third kappa shape index (κ3) is 2.01. The lowest BCUT2D eigenvalue weighted by molar-refractivity contribution is -0.122. The third-order valence-corrected chi connectivity index (χ3v) is 4.18. The van der Waals surface area contributed by atoms with Gasteiger partial charge in [-0.05, 0) is 26.7 Å². The van der Waals surface area contributed by atoms with Gasteiger partial charge in [-0.1, -0.05) is 0 Å². The topological polar surface area (TPSA) is 76.5 Å². The molecule has 0 bridgehead atoms. The van der Waals surface area contributed by atoms with Crippen LogP contribution in [0.2, 0.25) is 0 Å². The number of hydrogen-bond donors (Lipinski definition) is 1. The summed E-state index contributed by atoms with van der Waals surface area (Å²) in [7, 11) is 0. The molecule has 0 atom stereocenters. The number of aromatic nitrogens is 3. The molecule has 1 aliphatic heterocycles. The molecule has 1 fully saturated rings. The van der Waals surface area contributed by atoms with Crippen molar-refractivity contribution in [3.63, 3.8) is 0 Å². The van der Waals surface area contributed by atoms with Crippen molar-refractivity contribution in [1.82, 2.24) is 14.6 Å². The van der Waals surface area contributed by atoms with Crippen LogP contribution in [-0.2, 0) is 4.79 Å². The van der Waals surface area contributed by atoms with E-state index in [-0.39, 0.29) is 11.8 Å². The van der Waals surface area contributed by atoms with Gasteiger partial charge < -0.3 is 10.6 Å². The quantitative estimate of drug-likeness (QED) is 0.887. The number of rotatable bonds is 2. The Morgan fingerprint density at radius 3 is 2.70 bits per heavy atom. The summed E-state index contributed by atoms with van der Waals surface area (Å²) in [6, 6.07) is 1.91. The lowest BCUT2D eigenvalue weighted by atomic mass is 9.96. The molecule has 0 aliphatic carbocycles. The van der Waals surface area contributed by atoms with Gasteiger partial charge in [0.05, 0.1) is 6.20 Å². The van der Waals surface area contributed by atoms with Gasteiger partial charge in [-0.15, -0.1) is 0 Å². The first-order chi connectivity index (χ1) is 9.58. The fourth-order valence-corrected chi connectivity index (χ4v) is 2.87. The van der Waals surface area contributed by atoms with Crippen LogP contribution in [0.15, 0.2) is 12.3 Å². The van der Waals surface area contributed by atoms with Gasteiger partial charge in [0, 0.05) is 36.3 Å². The van der Waals surface area contributed by atoms with Gasteiger partial charge in [0.15, 0.2) is 5.65 Å². The molecular formula is C14H19N5O. The predicted molar refractivity (Wildman–Crippen MR) is 76.6 cm³/mol. The number of primary amides is 1. The van der Waals surface area contributed by atoms with Crippen LogP contribution in [-0.4, -0.2) is 33.6 Å². The molecular weight excluding hydrogens is 254 g/mol. The van der Waals surface area contributed by atoms with Crippen LogP contribution >= 0.6 is 0 Å². The van der Waals surface area contributed by atoms with E-state index in [1.54, 1.807) is 6.20 Å². The second-order valence-corrected chi connectivity index (χ2v) is 5.41. The molecule has 106 valence electrons. The summed E-state index contributed by atoms with van der Waals surface area (Å²) in [4.78, 5) is 18.1. The van der Waals surface area contributed by atoms with Crippen molar-refractivity contribution < 1.29 is 4.79 Å². The first kappa shape index (κ1) is 12.9. The Kier molecular flexibility index (Phi) is 3.08. The number of anilines is 1. The van der Waals surface area contributed by atoms with Gasteiger partial charge in [-0.2, -0.15) is 9.61 Å². The van der Waals surface area contributed by atoms with Crippen LogP contribution in [0, 0.1) is 19.8 Å². The van der Waals surface area contributed by atoms with Gasteiger partial charge >= 0.3 is 0 Å². The van der Waals surface area contributed by atoms with E-state index < -0.39 is 0 Å². The zero-order chi connectivity index (χ0) is 14.3. The number of nitrogens with two attached hydrogens (primary N) is 1. The number of aryl methyl sites for hydroxylation is 1. The number of piperidine rings is 1. The van der Waals surface area contributed by atoms with E-state index in [9.17, 15) is 4.79 Å². The number of hydrogen-bond acceptors (Lipinski definition) is 4. The Balaban J connectivity index is 1.97. The molecule has 1 amide bonds. The molecule has 0 spiro atoms. The Hall–Kier alpha value is -2.11. The molecule has 2 aromatic rings. The zero-order valence-corrected chi connectivity index (χ0v) is 11.8. The average molecular weight is 273 g/mol. The van der Waals surface area contributed by atoms with Gasteiger partial charge in [-0.3, -0.25) is 4.79 Å². The molecule has 3 heterocycles. The number of amides is 1. The Morgan fingerprint density at radius 1 is 1.35 bits per heavy atom. The van der Waals surface area contributed by atoms with E-state index >= 15 is 0 Å². The smallest absolute Gasteiger partial charge is 0.220 e. The second kappa shape index (κ2) is 4.77. The first-order valence-electron chi connectivity index (χ1n) is 6.93. The molecule has 2 N–H and O–H groups in total. The normalized spacial score (nSPS) is 16.8. The summed E-state index contributed by atoms with van der Waals surface area (Å²) < 4.78 is 1.88. The highest BCUT2D eigenvalue weighted by Gasteiger charge is 2.26. The lowest BCUT2D eigenvalue weighted by Crippen LogP contribution is -2.39. The standard InChI is InChI=1S/C14H19N5O/c1-9-10(2)17-12-3-6-16-19(12)14(9)18-7-4-11(5-8-18)13(15)20/h3,6,11H,4-5,7-8H2,1-2H3,(H2,15,20). The summed E-state index contributed by atoms with van der Waals surface area (Å²) in [5.74, 6) is 0.902. The molecule has 6 nitrogen and oxygen atoms in total. The molecule has 1 aliphatic rings. The van der Waals surface area contributed by atoms with Gasteiger partial charge in [-0.25, -0.2) is 4.98 Å². The van der Waals surface area contributed by atoms with E-state index in [0.717, 1.165) is 48.7 Å². The minimum atomic E-state index is -0.184. The van der Waals surface area contributed by atoms with Gasteiger partial charge in [0.1, 0.15) is 5.82 Å². The highest BCUT2D eigenvalue weighted by Crippen LogP contribution is 2.27. The summed E-state index contributed by atoms with van der Waals surface area (Å²) in [5.41, 5.74) is 8.41. The maximum absolute atomic E-state index is 11.3. The highest BCUT2D eigenvalue weighted by atomic mass is 16.1. The first-order valence-corrected chi connectivity index (χ1v) is 6.93. The summed E-state index contributed by atoms with van der Waals surface area (Å²) in [6.07, 6.45) is 3.37. The Morgan fingerprint density at radius 2 is 2.05 bits per heavy atom. The average Bonchev–Trinajstić information content (AvgIpc) is 2.88. The van der Waals surface area contributed by atoms with Crippen molar-refractivity contribution >= 4 is 17.4 Å². The molecule has 0 radical (unpaired) electrons. The van der Waals surface area contributed by atoms with Crippen LogP contribution in [0.5, 0.6) is 0 Å². The molecule has 0 saturated carbocycles. The van der Waals surface area contributed by atoms with Crippen LogP contribution in [0.3, 0.4) is 0 Å². The monoisotopic (exact) mass is 273 g/mol. The van der Waals surface area contributed by atoms with Crippen molar-refractivity contribution in [2.45, 2.75) is 26.7 Å². The van der Waals surface area contributed by atoms with Crippen molar-refractivity contribution in [3.8, 4) is 0 Å². The number of carbonyl (C=O) groups excluding carboxylic acids is 1. The minimum absolute atomic E-state index is 0.00241. The van der Waals surface area contributed by atoms with E-state index in [2.05, 4.69) is 21.9 Å². The third-order valence-electron chi connectivity index (χ3n) is 4.18. The minimum Gasteiger partial charge on any atom is -0.369 e. The number of fused-ring (bicyclic) bond motifs is 1. The molecule has 0 unspecified atom stereocenters. The van der Waals surface area contributed by atoms with E-state index in [1.165, 1.54) is 0 Å². The van der Waals surface area contributed by atoms with Crippen molar-refractivity contribution in [3.05, 3.63) is 23.5 Å². The molecule has 6 heteroatoms. The van der Waals surface area contributed by atoms with E-state index in [4.69, 9.17) is 5.73 Å². The van der Waals surface area contributed by atoms with Crippen LogP contribution < -0.4 is 10.6 Å². The van der Waals surface area contributed by atoms with Gasteiger partial charge in [0.2, 0.25) is 5.91 Å². The second-order valence-electron chi connectivity index (χ2n) is 5.41. The maximum atomic E-state index is 11.3. The van der Waals surface area contributed by atoms with Crippen molar-refractivity contribution in [2.75, 3.05) is 18.0 Å². The maximum Gasteiger partial charge on any atom is 0.220 e. The summed E-state index contributed by atoms with van der Waals surface area (Å²) in [5, 5.41) is 4.37. The molecule has 2 aromatic heterocycles. The molecule has 1 saturated heterocycles. The van der Waals surface area contributed by atoms with Crippen molar-refractivity contribution in [1.29, 1.82) is 0 Å². The van der Waals surface area contributed by atoms with Gasteiger partial charge in [0.25, 0.3) is 0 Å².